The van der Waals surface area contributed by atoms with Crippen LogP contribution in [0.2, 0.25) is 0 Å². The van der Waals surface area contributed by atoms with Crippen LogP contribution in [-0.4, -0.2) is 40.5 Å². The van der Waals surface area contributed by atoms with Gasteiger partial charge in [0.1, 0.15) is 0 Å². The fourth-order valence-electron chi connectivity index (χ4n) is 5.75. The SMILES string of the molecule is C#Cc1cccc(N2C(=O)c3cc4c(cc3C2=O)S(=O)(=O)c2cc3c(cc2S4(=O)=O)C(=O)N(c2cc(C)cc(C#C)c2)C3=O)c1. The summed E-state index contributed by atoms with van der Waals surface area (Å²) in [6.07, 6.45) is 10.9. The van der Waals surface area contributed by atoms with Crippen LogP contribution in [0.4, 0.5) is 11.4 Å². The molecule has 0 fully saturated rings. The highest BCUT2D eigenvalue weighted by molar-refractivity contribution is 7.97. The molecule has 4 amide bonds. The van der Waals surface area contributed by atoms with Crippen molar-refractivity contribution in [2.24, 2.45) is 0 Å². The molecule has 218 valence electrons. The summed E-state index contributed by atoms with van der Waals surface area (Å²) in [6, 6.07) is 14.0. The van der Waals surface area contributed by atoms with E-state index in [1.165, 1.54) is 30.3 Å². The fourth-order valence-corrected chi connectivity index (χ4v) is 9.93. The lowest BCUT2D eigenvalue weighted by molar-refractivity contribution is 0.0910. The number of hydrogen-bond acceptors (Lipinski definition) is 8. The van der Waals surface area contributed by atoms with Crippen molar-refractivity contribution in [1.82, 2.24) is 0 Å². The number of sulfone groups is 2. The van der Waals surface area contributed by atoms with Crippen molar-refractivity contribution in [2.75, 3.05) is 9.80 Å². The summed E-state index contributed by atoms with van der Waals surface area (Å²) in [4.78, 5) is 52.4. The zero-order valence-corrected chi connectivity index (χ0v) is 24.6. The van der Waals surface area contributed by atoms with Gasteiger partial charge in [0, 0.05) is 11.1 Å². The maximum absolute atomic E-state index is 13.9. The first-order valence-corrected chi connectivity index (χ1v) is 16.0. The largest absolute Gasteiger partial charge is 0.268 e. The molecule has 0 atom stereocenters. The molecule has 0 aromatic heterocycles. The number of terminal acetylenes is 2. The summed E-state index contributed by atoms with van der Waals surface area (Å²) in [5.74, 6) is 1.34. The molecule has 0 saturated heterocycles. The highest BCUT2D eigenvalue weighted by atomic mass is 32.2. The minimum atomic E-state index is -4.69. The number of fused-ring (bicyclic) bond motifs is 4. The lowest BCUT2D eigenvalue weighted by Gasteiger charge is -2.21. The Kier molecular flexibility index (Phi) is 5.65. The quantitative estimate of drug-likeness (QED) is 0.213. The van der Waals surface area contributed by atoms with Crippen LogP contribution in [0, 0.1) is 31.6 Å². The summed E-state index contributed by atoms with van der Waals surface area (Å²) in [6.45, 7) is 1.71. The number of carbonyl (C=O) groups excluding carboxylic acids is 4. The highest BCUT2D eigenvalue weighted by Crippen LogP contribution is 2.45. The lowest BCUT2D eigenvalue weighted by Crippen LogP contribution is -2.29. The van der Waals surface area contributed by atoms with E-state index in [9.17, 15) is 36.0 Å². The van der Waals surface area contributed by atoms with Crippen molar-refractivity contribution < 1.29 is 36.0 Å². The Morgan fingerprint density at radius 2 is 0.933 bits per heavy atom. The van der Waals surface area contributed by atoms with E-state index in [4.69, 9.17) is 12.8 Å². The minimum Gasteiger partial charge on any atom is -0.268 e. The standard InChI is InChI=1S/C33H16N2O8S2/c1-4-18-7-6-8-20(11-18)34-30(36)22-13-26-27(14-23(22)31(34)37)45(42,43)29-16-25-24(15-28(29)44(26,40)41)32(38)35(33(25)39)21-10-17(3)9-19(5-2)12-21/h1-2,6-16H,3H3. The van der Waals surface area contributed by atoms with Gasteiger partial charge in [-0.1, -0.05) is 17.9 Å². The molecule has 4 aromatic rings. The molecule has 45 heavy (non-hydrogen) atoms. The van der Waals surface area contributed by atoms with E-state index in [1.807, 2.05) is 0 Å². The van der Waals surface area contributed by atoms with Gasteiger partial charge in [0.15, 0.2) is 0 Å². The van der Waals surface area contributed by atoms with E-state index in [1.54, 1.807) is 19.1 Å². The molecule has 12 heteroatoms. The van der Waals surface area contributed by atoms with Crippen LogP contribution in [0.1, 0.15) is 58.1 Å². The average Bonchev–Trinajstić information content (AvgIpc) is 3.41. The minimum absolute atomic E-state index is 0.115. The predicted octanol–water partition coefficient (Wildman–Crippen LogP) is 3.54. The van der Waals surface area contributed by atoms with Crippen molar-refractivity contribution in [3.8, 4) is 24.7 Å². The van der Waals surface area contributed by atoms with Crippen LogP contribution in [0.5, 0.6) is 0 Å². The first-order valence-electron chi connectivity index (χ1n) is 13.1. The topological polar surface area (TPSA) is 143 Å². The third-order valence-corrected chi connectivity index (χ3v) is 11.7. The smallest absolute Gasteiger partial charge is 0.266 e. The van der Waals surface area contributed by atoms with Crippen molar-refractivity contribution in [3.63, 3.8) is 0 Å². The molecule has 0 aliphatic carbocycles. The number of carbonyl (C=O) groups is 4. The normalized spacial score (nSPS) is 16.9. The highest BCUT2D eigenvalue weighted by Gasteiger charge is 2.47. The van der Waals surface area contributed by atoms with E-state index >= 15 is 0 Å². The lowest BCUT2D eigenvalue weighted by atomic mass is 10.1. The van der Waals surface area contributed by atoms with Gasteiger partial charge in [-0.15, -0.1) is 12.8 Å². The van der Waals surface area contributed by atoms with Gasteiger partial charge in [-0.05, 0) is 73.2 Å². The Labute approximate surface area is 256 Å². The summed E-state index contributed by atoms with van der Waals surface area (Å²) in [5, 5.41) is 0. The van der Waals surface area contributed by atoms with E-state index in [2.05, 4.69) is 11.8 Å². The number of benzene rings is 4. The second-order valence-corrected chi connectivity index (χ2v) is 14.3. The number of rotatable bonds is 2. The number of hydrogen-bond donors (Lipinski definition) is 0. The van der Waals surface area contributed by atoms with Crippen LogP contribution >= 0.6 is 0 Å². The molecule has 0 bridgehead atoms. The number of anilines is 2. The molecule has 0 spiro atoms. The molecule has 3 aliphatic rings. The van der Waals surface area contributed by atoms with Crippen LogP contribution < -0.4 is 9.80 Å². The Hall–Kier alpha value is -5.82. The zero-order chi connectivity index (χ0) is 32.2. The molecule has 0 unspecified atom stereocenters. The summed E-state index contributed by atoms with van der Waals surface area (Å²) < 4.78 is 55.8. The van der Waals surface area contributed by atoms with E-state index < -0.39 is 62.9 Å². The molecule has 0 N–H and O–H groups in total. The van der Waals surface area contributed by atoms with Crippen LogP contribution in [-0.2, 0) is 19.7 Å². The van der Waals surface area contributed by atoms with E-state index in [-0.39, 0.29) is 33.6 Å². The summed E-state index contributed by atoms with van der Waals surface area (Å²) in [7, 11) is -9.37. The molecular weight excluding hydrogens is 617 g/mol. The first-order chi connectivity index (χ1) is 21.3. The van der Waals surface area contributed by atoms with Gasteiger partial charge in [0.05, 0.1) is 53.2 Å². The molecule has 0 radical (unpaired) electrons. The second kappa shape index (κ2) is 9.09. The van der Waals surface area contributed by atoms with Crippen LogP contribution in [0.3, 0.4) is 0 Å². The zero-order valence-electron chi connectivity index (χ0n) is 23.0. The Balaban J connectivity index is 1.38. The molecule has 4 aromatic carbocycles. The molecule has 7 rings (SSSR count). The average molecular weight is 633 g/mol. The molecule has 3 heterocycles. The maximum Gasteiger partial charge on any atom is 0.266 e. The number of imide groups is 2. The van der Waals surface area contributed by atoms with Gasteiger partial charge in [-0.3, -0.25) is 19.2 Å². The van der Waals surface area contributed by atoms with Crippen molar-refractivity contribution in [3.05, 3.63) is 106 Å². The van der Waals surface area contributed by atoms with Gasteiger partial charge in [-0.25, -0.2) is 26.6 Å². The maximum atomic E-state index is 13.9. The van der Waals surface area contributed by atoms with Gasteiger partial charge < -0.3 is 0 Å². The fraction of sp³-hybridized carbons (Fsp3) is 0.0303. The second-order valence-electron chi connectivity index (χ2n) is 10.5. The molecule has 3 aliphatic heterocycles. The summed E-state index contributed by atoms with van der Waals surface area (Å²) in [5.41, 5.74) is 0.365. The Morgan fingerprint density at radius 1 is 0.533 bits per heavy atom. The van der Waals surface area contributed by atoms with Crippen LogP contribution in [0.15, 0.2) is 86.3 Å². The molecule has 10 nitrogen and oxygen atoms in total. The number of amides is 4. The Bertz CT molecular complexity index is 2370. The number of aryl methyl sites for hydroxylation is 1. The Morgan fingerprint density at radius 3 is 1.36 bits per heavy atom. The molecule has 0 saturated carbocycles. The number of nitrogens with zero attached hydrogens (tertiary/aromatic N) is 2. The van der Waals surface area contributed by atoms with Gasteiger partial charge in [-0.2, -0.15) is 0 Å². The monoisotopic (exact) mass is 632 g/mol. The van der Waals surface area contributed by atoms with Gasteiger partial charge >= 0.3 is 0 Å². The third kappa shape index (κ3) is 3.70. The van der Waals surface area contributed by atoms with Crippen molar-refractivity contribution in [2.45, 2.75) is 26.5 Å². The van der Waals surface area contributed by atoms with E-state index in [0.29, 0.717) is 16.7 Å². The third-order valence-electron chi connectivity index (χ3n) is 7.82. The van der Waals surface area contributed by atoms with Crippen LogP contribution in [0.25, 0.3) is 0 Å². The molecular formula is C33H16N2O8S2. The van der Waals surface area contributed by atoms with Gasteiger partial charge in [0.2, 0.25) is 19.7 Å². The summed E-state index contributed by atoms with van der Waals surface area (Å²) >= 11 is 0. The van der Waals surface area contributed by atoms with Gasteiger partial charge in [0.25, 0.3) is 23.6 Å². The van der Waals surface area contributed by atoms with Crippen molar-refractivity contribution in [1.29, 1.82) is 0 Å². The van der Waals surface area contributed by atoms with Crippen molar-refractivity contribution >= 4 is 54.7 Å². The predicted molar refractivity (Wildman–Crippen MR) is 160 cm³/mol. The first kappa shape index (κ1) is 28.0. The van der Waals surface area contributed by atoms with E-state index in [0.717, 1.165) is 34.1 Å².